The van der Waals surface area contributed by atoms with Gasteiger partial charge in [0.05, 0.1) is 12.4 Å². The van der Waals surface area contributed by atoms with E-state index in [1.54, 1.807) is 0 Å². The zero-order valence-corrected chi connectivity index (χ0v) is 8.90. The highest BCUT2D eigenvalue weighted by Crippen LogP contribution is 2.19. The summed E-state index contributed by atoms with van der Waals surface area (Å²) in [5.41, 5.74) is 0. The lowest BCUT2D eigenvalue weighted by Gasteiger charge is -2.15. The number of hydrogen-bond donors (Lipinski definition) is 0. The molecule has 92 valence electrons. The molecular formula is C8H9F3O4S. The zero-order chi connectivity index (χ0) is 12.2. The van der Waals surface area contributed by atoms with Crippen molar-refractivity contribution in [1.29, 1.82) is 0 Å². The molecule has 0 aromatic rings. The predicted molar refractivity (Wildman–Crippen MR) is 48.8 cm³/mol. The van der Waals surface area contributed by atoms with Gasteiger partial charge >= 0.3 is 17.9 Å². The van der Waals surface area contributed by atoms with Crippen LogP contribution in [0.4, 0.5) is 13.2 Å². The van der Waals surface area contributed by atoms with Crippen molar-refractivity contribution in [3.63, 3.8) is 0 Å². The fraction of sp³-hybridized carbons (Fsp3) is 0.750. The molecule has 4 nitrogen and oxygen atoms in total. The third kappa shape index (κ3) is 4.01. The molecular weight excluding hydrogens is 249 g/mol. The molecule has 1 unspecified atom stereocenters. The van der Waals surface area contributed by atoms with E-state index in [0.717, 1.165) is 12.2 Å². The van der Waals surface area contributed by atoms with Crippen LogP contribution in [0.25, 0.3) is 0 Å². The van der Waals surface area contributed by atoms with Gasteiger partial charge in [-0.15, -0.1) is 0 Å². The molecule has 1 saturated heterocycles. The highest BCUT2D eigenvalue weighted by atomic mass is 32.2. The summed E-state index contributed by atoms with van der Waals surface area (Å²) in [6.45, 7) is 0.297. The van der Waals surface area contributed by atoms with E-state index < -0.39 is 24.2 Å². The average molecular weight is 258 g/mol. The molecule has 0 radical (unpaired) electrons. The van der Waals surface area contributed by atoms with E-state index in [1.807, 2.05) is 0 Å². The van der Waals surface area contributed by atoms with E-state index in [-0.39, 0.29) is 5.75 Å². The van der Waals surface area contributed by atoms with Crippen molar-refractivity contribution in [3.8, 4) is 0 Å². The van der Waals surface area contributed by atoms with Crippen molar-refractivity contribution >= 4 is 23.5 Å². The molecule has 1 atom stereocenters. The SMILES string of the molecule is O=C(OC1CSCCCO1)C(=O)C(F)(F)F. The fourth-order valence-corrected chi connectivity index (χ4v) is 1.81. The molecule has 1 rings (SSSR count). The average Bonchev–Trinajstić information content (AvgIpc) is 2.43. The number of carbonyl (C=O) groups excluding carboxylic acids is 2. The van der Waals surface area contributed by atoms with Crippen LogP contribution in [0.2, 0.25) is 0 Å². The molecule has 0 N–H and O–H groups in total. The van der Waals surface area contributed by atoms with Gasteiger partial charge in [0.2, 0.25) is 6.29 Å². The third-order valence-corrected chi connectivity index (χ3v) is 2.76. The molecule has 8 heteroatoms. The lowest BCUT2D eigenvalue weighted by atomic mass is 10.4. The second-order valence-corrected chi connectivity index (χ2v) is 4.11. The van der Waals surface area contributed by atoms with Crippen molar-refractivity contribution in [2.45, 2.75) is 18.9 Å². The quantitative estimate of drug-likeness (QED) is 0.549. The number of halogens is 3. The molecule has 16 heavy (non-hydrogen) atoms. The summed E-state index contributed by atoms with van der Waals surface area (Å²) in [7, 11) is 0. The molecule has 0 aromatic heterocycles. The maximum atomic E-state index is 11.8. The normalized spacial score (nSPS) is 22.3. The van der Waals surface area contributed by atoms with Crippen molar-refractivity contribution in [2.24, 2.45) is 0 Å². The standard InChI is InChI=1S/C8H9F3O4S/c9-8(10,11)6(12)7(13)15-5-4-16-3-1-2-14-5/h5H,1-4H2. The van der Waals surface area contributed by atoms with Crippen LogP contribution in [-0.2, 0) is 19.1 Å². The Labute approximate surface area is 93.5 Å². The summed E-state index contributed by atoms with van der Waals surface area (Å²) < 4.78 is 44.8. The van der Waals surface area contributed by atoms with Crippen LogP contribution in [0, 0.1) is 0 Å². The first kappa shape index (κ1) is 13.3. The number of carbonyl (C=O) groups is 2. The Bertz CT molecular complexity index is 271. The van der Waals surface area contributed by atoms with Crippen molar-refractivity contribution in [2.75, 3.05) is 18.1 Å². The maximum Gasteiger partial charge on any atom is 0.461 e. The Kier molecular flexibility index (Phi) is 4.60. The van der Waals surface area contributed by atoms with Crippen molar-refractivity contribution in [1.82, 2.24) is 0 Å². The van der Waals surface area contributed by atoms with Crippen LogP contribution in [0.5, 0.6) is 0 Å². The maximum absolute atomic E-state index is 11.8. The minimum atomic E-state index is -5.20. The number of esters is 1. The lowest BCUT2D eigenvalue weighted by Crippen LogP contribution is -2.36. The van der Waals surface area contributed by atoms with Crippen LogP contribution in [0.15, 0.2) is 0 Å². The highest BCUT2D eigenvalue weighted by molar-refractivity contribution is 7.99. The minimum absolute atomic E-state index is 0.233. The molecule has 0 aliphatic carbocycles. The van der Waals surface area contributed by atoms with Gasteiger partial charge in [-0.3, -0.25) is 4.79 Å². The highest BCUT2D eigenvalue weighted by Gasteiger charge is 2.45. The molecule has 0 saturated carbocycles. The lowest BCUT2D eigenvalue weighted by molar-refractivity contribution is -0.195. The minimum Gasteiger partial charge on any atom is -0.429 e. The Balaban J connectivity index is 2.47. The number of ether oxygens (including phenoxy) is 2. The molecule has 0 bridgehead atoms. The first-order chi connectivity index (χ1) is 7.41. The second-order valence-electron chi connectivity index (χ2n) is 2.96. The zero-order valence-electron chi connectivity index (χ0n) is 8.08. The summed E-state index contributed by atoms with van der Waals surface area (Å²) in [4.78, 5) is 21.3. The molecule has 0 spiro atoms. The summed E-state index contributed by atoms with van der Waals surface area (Å²) in [5, 5.41) is 0. The van der Waals surface area contributed by atoms with Gasteiger partial charge < -0.3 is 9.47 Å². The van der Waals surface area contributed by atoms with Crippen molar-refractivity contribution in [3.05, 3.63) is 0 Å². The molecule has 1 fully saturated rings. The number of Topliss-reactive ketones (excluding diaryl/α,β-unsaturated/α-hetero) is 1. The number of alkyl halides is 3. The molecule has 0 amide bonds. The Morgan fingerprint density at radius 3 is 2.69 bits per heavy atom. The fourth-order valence-electron chi connectivity index (χ4n) is 0.960. The van der Waals surface area contributed by atoms with E-state index >= 15 is 0 Å². The van der Waals surface area contributed by atoms with Gasteiger partial charge in [-0.2, -0.15) is 24.9 Å². The van der Waals surface area contributed by atoms with Gasteiger partial charge in [0, 0.05) is 0 Å². The first-order valence-corrected chi connectivity index (χ1v) is 5.58. The number of ketones is 1. The van der Waals surface area contributed by atoms with E-state index in [0.29, 0.717) is 6.61 Å². The van der Waals surface area contributed by atoms with E-state index in [4.69, 9.17) is 4.74 Å². The number of hydrogen-bond acceptors (Lipinski definition) is 5. The van der Waals surface area contributed by atoms with Crippen molar-refractivity contribution < 1.29 is 32.2 Å². The second kappa shape index (κ2) is 5.53. The summed E-state index contributed by atoms with van der Waals surface area (Å²) in [6, 6.07) is 0. The van der Waals surface area contributed by atoms with Gasteiger partial charge in [-0.1, -0.05) is 0 Å². The van der Waals surface area contributed by atoms with Gasteiger partial charge in [0.15, 0.2) is 0 Å². The van der Waals surface area contributed by atoms with Crippen LogP contribution in [-0.4, -0.2) is 42.3 Å². The Morgan fingerprint density at radius 2 is 2.06 bits per heavy atom. The van der Waals surface area contributed by atoms with E-state index in [9.17, 15) is 22.8 Å². The predicted octanol–water partition coefficient (Wildman–Crippen LogP) is 1.14. The van der Waals surface area contributed by atoms with Crippen LogP contribution in [0.1, 0.15) is 6.42 Å². The van der Waals surface area contributed by atoms with Gasteiger partial charge in [0.25, 0.3) is 0 Å². The monoisotopic (exact) mass is 258 g/mol. The number of thioether (sulfide) groups is 1. The molecule has 0 aromatic carbocycles. The molecule has 1 heterocycles. The molecule has 1 aliphatic heterocycles. The van der Waals surface area contributed by atoms with E-state index in [2.05, 4.69) is 4.74 Å². The Hall–Kier alpha value is -0.760. The smallest absolute Gasteiger partial charge is 0.429 e. The third-order valence-electron chi connectivity index (χ3n) is 1.67. The summed E-state index contributed by atoms with van der Waals surface area (Å²) in [5.74, 6) is -3.41. The summed E-state index contributed by atoms with van der Waals surface area (Å²) in [6.07, 6.45) is -5.55. The van der Waals surface area contributed by atoms with Gasteiger partial charge in [-0.25, -0.2) is 4.79 Å². The van der Waals surface area contributed by atoms with Gasteiger partial charge in [-0.05, 0) is 12.2 Å². The molecule has 1 aliphatic rings. The van der Waals surface area contributed by atoms with Crippen LogP contribution < -0.4 is 0 Å². The van der Waals surface area contributed by atoms with Crippen LogP contribution in [0.3, 0.4) is 0 Å². The summed E-state index contributed by atoms with van der Waals surface area (Å²) >= 11 is 1.39. The number of rotatable bonds is 2. The topological polar surface area (TPSA) is 52.6 Å². The Morgan fingerprint density at radius 1 is 1.38 bits per heavy atom. The van der Waals surface area contributed by atoms with Gasteiger partial charge in [0.1, 0.15) is 0 Å². The largest absolute Gasteiger partial charge is 0.461 e. The van der Waals surface area contributed by atoms with Crippen LogP contribution >= 0.6 is 11.8 Å². The first-order valence-electron chi connectivity index (χ1n) is 4.42. The van der Waals surface area contributed by atoms with E-state index in [1.165, 1.54) is 11.8 Å².